The predicted octanol–water partition coefficient (Wildman–Crippen LogP) is 4.34. The minimum atomic E-state index is 0.165. The number of amides is 1. The van der Waals surface area contributed by atoms with Gasteiger partial charge in [0.15, 0.2) is 0 Å². The molecule has 0 atom stereocenters. The van der Waals surface area contributed by atoms with E-state index in [1.807, 2.05) is 50.4 Å². The van der Waals surface area contributed by atoms with E-state index in [4.69, 9.17) is 4.74 Å². The van der Waals surface area contributed by atoms with E-state index < -0.39 is 0 Å². The molecule has 0 saturated carbocycles. The Balaban J connectivity index is 1.40. The Morgan fingerprint density at radius 3 is 2.85 bits per heavy atom. The summed E-state index contributed by atoms with van der Waals surface area (Å²) in [7, 11) is 1.84. The van der Waals surface area contributed by atoms with Crippen molar-refractivity contribution >= 4 is 16.8 Å². The van der Waals surface area contributed by atoms with Crippen molar-refractivity contribution in [3.8, 4) is 5.75 Å². The normalized spacial score (nSPS) is 10.8. The van der Waals surface area contributed by atoms with Gasteiger partial charge >= 0.3 is 0 Å². The van der Waals surface area contributed by atoms with E-state index in [0.717, 1.165) is 24.1 Å². The second-order valence-electron chi connectivity index (χ2n) is 6.69. The highest BCUT2D eigenvalue weighted by molar-refractivity contribution is 5.83. The molecule has 1 amide bonds. The molecule has 3 aromatic rings. The van der Waals surface area contributed by atoms with Crippen LogP contribution in [0.1, 0.15) is 24.0 Å². The number of nitrogens with zero attached hydrogens (tertiary/aromatic N) is 1. The molecule has 0 unspecified atom stereocenters. The van der Waals surface area contributed by atoms with Gasteiger partial charge in [0.2, 0.25) is 5.91 Å². The third-order valence-electron chi connectivity index (χ3n) is 4.62. The standard InChI is InChI=1S/C22H26N2O2/c1-17-7-5-9-19(15-17)26-14-13-24(2)22(25)12-6-8-18-16-23-21-11-4-3-10-20(18)21/h3-5,7,9-11,15-16,23H,6,8,12-14H2,1-2H3. The van der Waals surface area contributed by atoms with Crippen molar-refractivity contribution in [2.45, 2.75) is 26.2 Å². The Labute approximate surface area is 154 Å². The Morgan fingerprint density at radius 1 is 1.15 bits per heavy atom. The summed E-state index contributed by atoms with van der Waals surface area (Å²) >= 11 is 0. The maximum Gasteiger partial charge on any atom is 0.222 e. The molecule has 0 bridgehead atoms. The van der Waals surface area contributed by atoms with Gasteiger partial charge in [0, 0.05) is 30.6 Å². The summed E-state index contributed by atoms with van der Waals surface area (Å²) in [5.74, 6) is 1.02. The molecule has 1 heterocycles. The molecular formula is C22H26N2O2. The molecule has 26 heavy (non-hydrogen) atoms. The molecular weight excluding hydrogens is 324 g/mol. The van der Waals surface area contributed by atoms with Crippen LogP contribution in [0.25, 0.3) is 10.9 Å². The number of benzene rings is 2. The number of aromatic nitrogens is 1. The number of carbonyl (C=O) groups is 1. The first-order valence-corrected chi connectivity index (χ1v) is 9.12. The zero-order chi connectivity index (χ0) is 18.4. The zero-order valence-corrected chi connectivity index (χ0v) is 15.5. The monoisotopic (exact) mass is 350 g/mol. The van der Waals surface area contributed by atoms with Gasteiger partial charge < -0.3 is 14.6 Å². The average Bonchev–Trinajstić information content (AvgIpc) is 3.05. The van der Waals surface area contributed by atoms with Crippen LogP contribution in [0.5, 0.6) is 5.75 Å². The fraction of sp³-hybridized carbons (Fsp3) is 0.318. The van der Waals surface area contributed by atoms with E-state index in [2.05, 4.69) is 23.3 Å². The van der Waals surface area contributed by atoms with Crippen LogP contribution in [-0.2, 0) is 11.2 Å². The van der Waals surface area contributed by atoms with Crippen LogP contribution in [-0.4, -0.2) is 36.0 Å². The molecule has 3 rings (SSSR count). The van der Waals surface area contributed by atoms with Gasteiger partial charge in [0.25, 0.3) is 0 Å². The van der Waals surface area contributed by atoms with Gasteiger partial charge in [-0.15, -0.1) is 0 Å². The van der Waals surface area contributed by atoms with Crippen LogP contribution in [0, 0.1) is 6.92 Å². The van der Waals surface area contributed by atoms with Crippen molar-refractivity contribution in [2.24, 2.45) is 0 Å². The van der Waals surface area contributed by atoms with E-state index in [-0.39, 0.29) is 5.91 Å². The number of aromatic amines is 1. The van der Waals surface area contributed by atoms with Gasteiger partial charge in [-0.3, -0.25) is 4.79 Å². The maximum absolute atomic E-state index is 12.3. The molecule has 4 heteroatoms. The van der Waals surface area contributed by atoms with Crippen LogP contribution in [0.2, 0.25) is 0 Å². The van der Waals surface area contributed by atoms with Crippen LogP contribution >= 0.6 is 0 Å². The summed E-state index contributed by atoms with van der Waals surface area (Å²) in [6.07, 6.45) is 4.36. The number of H-pyrrole nitrogens is 1. The summed E-state index contributed by atoms with van der Waals surface area (Å²) in [4.78, 5) is 17.3. The number of para-hydroxylation sites is 1. The van der Waals surface area contributed by atoms with Crippen LogP contribution < -0.4 is 4.74 Å². The minimum Gasteiger partial charge on any atom is -0.492 e. The number of ether oxygens (including phenoxy) is 1. The lowest BCUT2D eigenvalue weighted by molar-refractivity contribution is -0.130. The van der Waals surface area contributed by atoms with Gasteiger partial charge in [-0.2, -0.15) is 0 Å². The van der Waals surface area contributed by atoms with Crippen molar-refractivity contribution < 1.29 is 9.53 Å². The highest BCUT2D eigenvalue weighted by atomic mass is 16.5. The van der Waals surface area contributed by atoms with E-state index in [1.54, 1.807) is 4.90 Å². The lowest BCUT2D eigenvalue weighted by Gasteiger charge is -2.17. The lowest BCUT2D eigenvalue weighted by atomic mass is 10.1. The van der Waals surface area contributed by atoms with Crippen molar-refractivity contribution in [3.63, 3.8) is 0 Å². The van der Waals surface area contributed by atoms with E-state index in [0.29, 0.717) is 19.6 Å². The van der Waals surface area contributed by atoms with Gasteiger partial charge in [-0.05, 0) is 49.1 Å². The third kappa shape index (κ3) is 4.66. The SMILES string of the molecule is Cc1cccc(OCCN(C)C(=O)CCCc2c[nH]c3ccccc23)c1. The second kappa shape index (κ2) is 8.56. The van der Waals surface area contributed by atoms with Crippen molar-refractivity contribution in [3.05, 3.63) is 65.9 Å². The maximum atomic E-state index is 12.3. The Morgan fingerprint density at radius 2 is 2.00 bits per heavy atom. The van der Waals surface area contributed by atoms with Crippen molar-refractivity contribution in [1.29, 1.82) is 0 Å². The van der Waals surface area contributed by atoms with Crippen molar-refractivity contribution in [2.75, 3.05) is 20.2 Å². The molecule has 0 aliphatic heterocycles. The molecule has 4 nitrogen and oxygen atoms in total. The van der Waals surface area contributed by atoms with Crippen LogP contribution in [0.15, 0.2) is 54.7 Å². The Kier molecular flexibility index (Phi) is 5.95. The van der Waals surface area contributed by atoms with Crippen LogP contribution in [0.3, 0.4) is 0 Å². The molecule has 0 aliphatic carbocycles. The molecule has 0 aliphatic rings. The smallest absolute Gasteiger partial charge is 0.222 e. The Bertz CT molecular complexity index is 869. The number of fused-ring (bicyclic) bond motifs is 1. The average molecular weight is 350 g/mol. The summed E-state index contributed by atoms with van der Waals surface area (Å²) < 4.78 is 5.72. The Hall–Kier alpha value is -2.75. The summed E-state index contributed by atoms with van der Waals surface area (Å²) in [6, 6.07) is 16.2. The first kappa shape index (κ1) is 18.1. The molecule has 136 valence electrons. The quantitative estimate of drug-likeness (QED) is 0.657. The fourth-order valence-electron chi connectivity index (χ4n) is 3.09. The number of hydrogen-bond acceptors (Lipinski definition) is 2. The van der Waals surface area contributed by atoms with Gasteiger partial charge in [-0.25, -0.2) is 0 Å². The summed E-state index contributed by atoms with van der Waals surface area (Å²) in [6.45, 7) is 3.14. The molecule has 0 radical (unpaired) electrons. The molecule has 2 aromatic carbocycles. The molecule has 0 spiro atoms. The fourth-order valence-corrected chi connectivity index (χ4v) is 3.09. The van der Waals surface area contributed by atoms with E-state index in [1.165, 1.54) is 16.5 Å². The van der Waals surface area contributed by atoms with Gasteiger partial charge in [0.1, 0.15) is 12.4 Å². The van der Waals surface area contributed by atoms with E-state index >= 15 is 0 Å². The highest BCUT2D eigenvalue weighted by Crippen LogP contribution is 2.19. The van der Waals surface area contributed by atoms with Gasteiger partial charge in [0.05, 0.1) is 6.54 Å². The molecule has 1 aromatic heterocycles. The molecule has 1 N–H and O–H groups in total. The van der Waals surface area contributed by atoms with Crippen molar-refractivity contribution in [1.82, 2.24) is 9.88 Å². The van der Waals surface area contributed by atoms with E-state index in [9.17, 15) is 4.79 Å². The number of rotatable bonds is 8. The highest BCUT2D eigenvalue weighted by Gasteiger charge is 2.10. The summed E-state index contributed by atoms with van der Waals surface area (Å²) in [5.41, 5.74) is 3.60. The number of hydrogen-bond donors (Lipinski definition) is 1. The number of aryl methyl sites for hydroxylation is 2. The summed E-state index contributed by atoms with van der Waals surface area (Å²) in [5, 5.41) is 1.25. The largest absolute Gasteiger partial charge is 0.492 e. The van der Waals surface area contributed by atoms with Gasteiger partial charge in [-0.1, -0.05) is 30.3 Å². The third-order valence-corrected chi connectivity index (χ3v) is 4.62. The number of nitrogens with one attached hydrogen (secondary N) is 1. The second-order valence-corrected chi connectivity index (χ2v) is 6.69. The molecule has 0 saturated heterocycles. The topological polar surface area (TPSA) is 45.3 Å². The van der Waals surface area contributed by atoms with Crippen LogP contribution in [0.4, 0.5) is 0 Å². The number of carbonyl (C=O) groups excluding carboxylic acids is 1. The zero-order valence-electron chi connectivity index (χ0n) is 15.5. The first-order valence-electron chi connectivity index (χ1n) is 9.12. The lowest BCUT2D eigenvalue weighted by Crippen LogP contribution is -2.30. The molecule has 0 fully saturated rings. The minimum absolute atomic E-state index is 0.165. The first-order chi connectivity index (χ1) is 12.6. The predicted molar refractivity (Wildman–Crippen MR) is 106 cm³/mol. The number of likely N-dealkylation sites (N-methyl/N-ethyl adjacent to an activating group) is 1.